The molecule has 2 aliphatic rings. The quantitative estimate of drug-likeness (QED) is 0.517. The van der Waals surface area contributed by atoms with E-state index < -0.39 is 11.6 Å². The van der Waals surface area contributed by atoms with Crippen LogP contribution in [0.25, 0.3) is 0 Å². The van der Waals surface area contributed by atoms with Gasteiger partial charge in [-0.05, 0) is 43.7 Å². The third-order valence-electron chi connectivity index (χ3n) is 6.36. The minimum atomic E-state index is -0.994. The number of piperidine rings is 1. The highest BCUT2D eigenvalue weighted by molar-refractivity contribution is 6.07. The van der Waals surface area contributed by atoms with Gasteiger partial charge in [0.2, 0.25) is 5.91 Å². The first-order valence-electron chi connectivity index (χ1n) is 11.0. The molecule has 1 aromatic carbocycles. The van der Waals surface area contributed by atoms with Crippen molar-refractivity contribution in [3.63, 3.8) is 0 Å². The molecule has 0 bridgehead atoms. The minimum Gasteiger partial charge on any atom is -0.493 e. The molecular weight excluding hydrogens is 410 g/mol. The van der Waals surface area contributed by atoms with Gasteiger partial charge in [0.25, 0.3) is 5.91 Å². The van der Waals surface area contributed by atoms with Gasteiger partial charge in [-0.15, -0.1) is 0 Å². The zero-order valence-electron chi connectivity index (χ0n) is 19.5. The van der Waals surface area contributed by atoms with E-state index in [4.69, 9.17) is 9.47 Å². The molecule has 4 amide bonds. The SMILES string of the molecule is COc1cccc(CN2C(=O)NC(C)(C3CCN(C(=O)C=CC(C)C)CC3)C2=O)c1OC. The molecule has 3 rings (SSSR count). The number of hydrogen-bond acceptors (Lipinski definition) is 5. The summed E-state index contributed by atoms with van der Waals surface area (Å²) in [5.74, 6) is 1.06. The van der Waals surface area contributed by atoms with E-state index in [1.54, 1.807) is 37.1 Å². The van der Waals surface area contributed by atoms with E-state index in [0.29, 0.717) is 48.9 Å². The largest absolute Gasteiger partial charge is 0.493 e. The second-order valence-corrected chi connectivity index (χ2v) is 8.88. The number of ether oxygens (including phenoxy) is 2. The van der Waals surface area contributed by atoms with Crippen molar-refractivity contribution >= 4 is 17.8 Å². The molecule has 32 heavy (non-hydrogen) atoms. The van der Waals surface area contributed by atoms with Gasteiger partial charge in [0.1, 0.15) is 5.54 Å². The van der Waals surface area contributed by atoms with Gasteiger partial charge in [0.15, 0.2) is 11.5 Å². The summed E-state index contributed by atoms with van der Waals surface area (Å²) in [5.41, 5.74) is -0.302. The first-order chi connectivity index (χ1) is 15.2. The number of allylic oxidation sites excluding steroid dienone is 1. The molecule has 0 aromatic heterocycles. The van der Waals surface area contributed by atoms with Gasteiger partial charge in [-0.3, -0.25) is 14.5 Å². The molecule has 0 radical (unpaired) electrons. The summed E-state index contributed by atoms with van der Waals surface area (Å²) < 4.78 is 10.8. The van der Waals surface area contributed by atoms with Crippen molar-refractivity contribution in [2.45, 2.75) is 45.7 Å². The van der Waals surface area contributed by atoms with Gasteiger partial charge in [0.05, 0.1) is 20.8 Å². The van der Waals surface area contributed by atoms with Gasteiger partial charge in [-0.2, -0.15) is 0 Å². The van der Waals surface area contributed by atoms with E-state index in [0.717, 1.165) is 0 Å². The van der Waals surface area contributed by atoms with Crippen LogP contribution in [0.1, 0.15) is 39.2 Å². The molecule has 2 fully saturated rings. The van der Waals surface area contributed by atoms with Crippen molar-refractivity contribution in [2.75, 3.05) is 27.3 Å². The maximum absolute atomic E-state index is 13.4. The fourth-order valence-electron chi connectivity index (χ4n) is 4.44. The van der Waals surface area contributed by atoms with Crippen LogP contribution in [-0.4, -0.2) is 60.5 Å². The van der Waals surface area contributed by atoms with Crippen molar-refractivity contribution < 1.29 is 23.9 Å². The van der Waals surface area contributed by atoms with E-state index in [-0.39, 0.29) is 24.3 Å². The first-order valence-corrected chi connectivity index (χ1v) is 11.0. The summed E-state index contributed by atoms with van der Waals surface area (Å²) in [7, 11) is 3.07. The fraction of sp³-hybridized carbons (Fsp3) is 0.542. The van der Waals surface area contributed by atoms with Crippen molar-refractivity contribution in [1.29, 1.82) is 0 Å². The molecule has 1 aromatic rings. The second-order valence-electron chi connectivity index (χ2n) is 8.88. The number of hydrogen-bond donors (Lipinski definition) is 1. The monoisotopic (exact) mass is 443 g/mol. The number of nitrogens with one attached hydrogen (secondary N) is 1. The van der Waals surface area contributed by atoms with Crippen molar-refractivity contribution in [1.82, 2.24) is 15.1 Å². The lowest BCUT2D eigenvalue weighted by atomic mass is 9.79. The van der Waals surface area contributed by atoms with E-state index in [2.05, 4.69) is 5.32 Å². The van der Waals surface area contributed by atoms with Crippen LogP contribution in [0.2, 0.25) is 0 Å². The molecule has 174 valence electrons. The standard InChI is InChI=1S/C24H33N3O5/c1-16(2)9-10-20(28)26-13-11-18(12-14-26)24(3)22(29)27(23(30)25-24)15-17-7-6-8-19(31-4)21(17)32-5/h6-10,16,18H,11-15H2,1-5H3,(H,25,30). The van der Waals surface area contributed by atoms with Crippen molar-refractivity contribution in [3.8, 4) is 11.5 Å². The third-order valence-corrected chi connectivity index (χ3v) is 6.36. The highest BCUT2D eigenvalue weighted by Gasteiger charge is 2.53. The highest BCUT2D eigenvalue weighted by atomic mass is 16.5. The molecule has 1 N–H and O–H groups in total. The van der Waals surface area contributed by atoms with Crippen LogP contribution in [0, 0.1) is 11.8 Å². The van der Waals surface area contributed by atoms with Crippen LogP contribution in [0.3, 0.4) is 0 Å². The zero-order chi connectivity index (χ0) is 23.5. The average molecular weight is 444 g/mol. The van der Waals surface area contributed by atoms with Gasteiger partial charge < -0.3 is 19.7 Å². The topological polar surface area (TPSA) is 88.2 Å². The molecule has 0 spiro atoms. The lowest BCUT2D eigenvalue weighted by Crippen LogP contribution is -2.54. The second kappa shape index (κ2) is 9.63. The number of nitrogens with zero attached hydrogens (tertiary/aromatic N) is 2. The molecule has 8 heteroatoms. The molecule has 0 aliphatic carbocycles. The van der Waals surface area contributed by atoms with E-state index >= 15 is 0 Å². The van der Waals surface area contributed by atoms with Gasteiger partial charge in [-0.1, -0.05) is 32.1 Å². The molecule has 1 unspecified atom stereocenters. The summed E-state index contributed by atoms with van der Waals surface area (Å²) in [5, 5.41) is 2.92. The third kappa shape index (κ3) is 4.59. The Bertz CT molecular complexity index is 905. The number of likely N-dealkylation sites (tertiary alicyclic amines) is 1. The fourth-order valence-corrected chi connectivity index (χ4v) is 4.44. The minimum absolute atomic E-state index is 0.00386. The first kappa shape index (κ1) is 23.6. The molecule has 2 aliphatic heterocycles. The van der Waals surface area contributed by atoms with E-state index in [1.807, 2.05) is 26.0 Å². The number of rotatable bonds is 7. The number of methoxy groups -OCH3 is 2. The molecule has 2 heterocycles. The summed E-state index contributed by atoms with van der Waals surface area (Å²) in [6.45, 7) is 7.06. The zero-order valence-corrected chi connectivity index (χ0v) is 19.5. The highest BCUT2D eigenvalue weighted by Crippen LogP contribution is 2.36. The Morgan fingerprint density at radius 1 is 1.22 bits per heavy atom. The average Bonchev–Trinajstić information content (AvgIpc) is 3.01. The van der Waals surface area contributed by atoms with Crippen molar-refractivity contribution in [2.24, 2.45) is 11.8 Å². The van der Waals surface area contributed by atoms with Crippen LogP contribution in [0.15, 0.2) is 30.4 Å². The number of carbonyl (C=O) groups excluding carboxylic acids is 3. The summed E-state index contributed by atoms with van der Waals surface area (Å²) in [6.07, 6.45) is 4.82. The normalized spacial score (nSPS) is 22.1. The maximum Gasteiger partial charge on any atom is 0.325 e. The Hall–Kier alpha value is -3.03. The van der Waals surface area contributed by atoms with E-state index in [9.17, 15) is 14.4 Å². The molecule has 1 atom stereocenters. The Labute approximate surface area is 189 Å². The van der Waals surface area contributed by atoms with Gasteiger partial charge >= 0.3 is 6.03 Å². The Morgan fingerprint density at radius 3 is 2.50 bits per heavy atom. The summed E-state index contributed by atoms with van der Waals surface area (Å²) in [4.78, 5) is 41.5. The Balaban J connectivity index is 1.70. The molecule has 0 saturated carbocycles. The number of carbonyl (C=O) groups is 3. The predicted molar refractivity (Wildman–Crippen MR) is 120 cm³/mol. The Kier molecular flexibility index (Phi) is 7.11. The van der Waals surface area contributed by atoms with Crippen LogP contribution in [0.5, 0.6) is 11.5 Å². The van der Waals surface area contributed by atoms with Crippen LogP contribution in [-0.2, 0) is 16.1 Å². The molecule has 8 nitrogen and oxygen atoms in total. The molecular formula is C24H33N3O5. The lowest BCUT2D eigenvalue weighted by Gasteiger charge is -2.38. The lowest BCUT2D eigenvalue weighted by molar-refractivity contribution is -0.134. The Morgan fingerprint density at radius 2 is 1.91 bits per heavy atom. The van der Waals surface area contributed by atoms with Gasteiger partial charge in [0, 0.05) is 18.7 Å². The molecule has 2 saturated heterocycles. The van der Waals surface area contributed by atoms with Crippen LogP contribution >= 0.6 is 0 Å². The van der Waals surface area contributed by atoms with Gasteiger partial charge in [-0.25, -0.2) is 4.79 Å². The maximum atomic E-state index is 13.4. The number of imide groups is 1. The number of urea groups is 1. The van der Waals surface area contributed by atoms with Crippen molar-refractivity contribution in [3.05, 3.63) is 35.9 Å². The summed E-state index contributed by atoms with van der Waals surface area (Å²) in [6, 6.07) is 4.96. The van der Waals surface area contributed by atoms with Crippen LogP contribution < -0.4 is 14.8 Å². The number of amides is 4. The smallest absolute Gasteiger partial charge is 0.325 e. The number of para-hydroxylation sites is 1. The van der Waals surface area contributed by atoms with Crippen LogP contribution in [0.4, 0.5) is 4.79 Å². The predicted octanol–water partition coefficient (Wildman–Crippen LogP) is 2.97. The summed E-state index contributed by atoms with van der Waals surface area (Å²) >= 11 is 0. The number of benzene rings is 1. The van der Waals surface area contributed by atoms with E-state index in [1.165, 1.54) is 12.0 Å².